The molecule has 1 saturated carbocycles. The molecule has 2 unspecified atom stereocenters. The molecule has 4 nitrogen and oxygen atoms in total. The van der Waals surface area contributed by atoms with Crippen molar-refractivity contribution in [2.24, 2.45) is 17.6 Å². The third-order valence-electron chi connectivity index (χ3n) is 4.03. The maximum absolute atomic E-state index is 6.20. The highest BCUT2D eigenvalue weighted by atomic mass is 15.2. The molecule has 2 aliphatic rings. The Morgan fingerprint density at radius 1 is 1.31 bits per heavy atom. The summed E-state index contributed by atoms with van der Waals surface area (Å²) in [5.41, 5.74) is 8.39. The first-order valence-electron chi connectivity index (χ1n) is 6.04. The molecule has 0 spiro atoms. The van der Waals surface area contributed by atoms with Crippen LogP contribution in [0.5, 0.6) is 0 Å². The van der Waals surface area contributed by atoms with E-state index in [0.29, 0.717) is 17.9 Å². The van der Waals surface area contributed by atoms with Crippen LogP contribution in [0.3, 0.4) is 0 Å². The minimum absolute atomic E-state index is 0.423. The zero-order chi connectivity index (χ0) is 11.1. The van der Waals surface area contributed by atoms with E-state index < -0.39 is 0 Å². The molecule has 1 aromatic heterocycles. The SMILES string of the molecule is Cc1cc(N2CC3CCC(C2)C3N)cnn1. The van der Waals surface area contributed by atoms with Gasteiger partial charge in [0.05, 0.1) is 17.6 Å². The van der Waals surface area contributed by atoms with Crippen molar-refractivity contribution < 1.29 is 0 Å². The van der Waals surface area contributed by atoms with Crippen LogP contribution in [0.1, 0.15) is 18.5 Å². The molecule has 3 rings (SSSR count). The fourth-order valence-electron chi connectivity index (χ4n) is 3.11. The number of nitrogens with zero attached hydrogens (tertiary/aromatic N) is 3. The van der Waals surface area contributed by atoms with Crippen molar-refractivity contribution in [1.29, 1.82) is 0 Å². The molecule has 2 atom stereocenters. The number of hydrogen-bond donors (Lipinski definition) is 1. The number of hydrogen-bond acceptors (Lipinski definition) is 4. The zero-order valence-corrected chi connectivity index (χ0v) is 9.63. The Bertz CT molecular complexity index is 378. The van der Waals surface area contributed by atoms with Crippen molar-refractivity contribution >= 4 is 5.69 Å². The zero-order valence-electron chi connectivity index (χ0n) is 9.63. The van der Waals surface area contributed by atoms with Crippen molar-refractivity contribution in [3.8, 4) is 0 Å². The normalized spacial score (nSPS) is 33.1. The molecule has 0 amide bonds. The molecular weight excluding hydrogens is 200 g/mol. The average molecular weight is 218 g/mol. The van der Waals surface area contributed by atoms with Gasteiger partial charge in [-0.2, -0.15) is 10.2 Å². The molecular formula is C12H18N4. The number of aryl methyl sites for hydroxylation is 1. The quantitative estimate of drug-likeness (QED) is 0.762. The Balaban J connectivity index is 1.83. The second kappa shape index (κ2) is 3.70. The van der Waals surface area contributed by atoms with Crippen LogP contribution in [0, 0.1) is 18.8 Å². The summed E-state index contributed by atoms with van der Waals surface area (Å²) in [6.45, 7) is 4.16. The summed E-state index contributed by atoms with van der Waals surface area (Å²) in [6.07, 6.45) is 4.45. The molecule has 1 aliphatic carbocycles. The molecule has 4 heteroatoms. The number of piperidine rings is 1. The first-order chi connectivity index (χ1) is 7.74. The molecule has 1 aliphatic heterocycles. The summed E-state index contributed by atoms with van der Waals surface area (Å²) in [5.74, 6) is 1.35. The Hall–Kier alpha value is -1.16. The molecule has 1 aromatic rings. The van der Waals surface area contributed by atoms with Gasteiger partial charge in [-0.3, -0.25) is 0 Å². The third kappa shape index (κ3) is 1.57. The van der Waals surface area contributed by atoms with E-state index in [0.717, 1.165) is 18.8 Å². The maximum Gasteiger partial charge on any atom is 0.0730 e. The van der Waals surface area contributed by atoms with Gasteiger partial charge in [-0.15, -0.1) is 0 Å². The van der Waals surface area contributed by atoms with E-state index >= 15 is 0 Å². The van der Waals surface area contributed by atoms with Crippen molar-refractivity contribution in [1.82, 2.24) is 10.2 Å². The number of rotatable bonds is 1. The lowest BCUT2D eigenvalue weighted by molar-refractivity contribution is 0.356. The van der Waals surface area contributed by atoms with Crippen LogP contribution in [-0.2, 0) is 0 Å². The number of aromatic nitrogens is 2. The average Bonchev–Trinajstić information content (AvgIpc) is 2.53. The predicted molar refractivity (Wildman–Crippen MR) is 63.2 cm³/mol. The lowest BCUT2D eigenvalue weighted by Gasteiger charge is -2.37. The van der Waals surface area contributed by atoms with Crippen molar-refractivity contribution in [2.75, 3.05) is 18.0 Å². The van der Waals surface area contributed by atoms with Gasteiger partial charge in [0.2, 0.25) is 0 Å². The van der Waals surface area contributed by atoms with Gasteiger partial charge in [0.25, 0.3) is 0 Å². The van der Waals surface area contributed by atoms with Crippen LogP contribution in [-0.4, -0.2) is 29.3 Å². The molecule has 2 heterocycles. The Labute approximate surface area is 95.8 Å². The molecule has 2 N–H and O–H groups in total. The van der Waals surface area contributed by atoms with Crippen molar-refractivity contribution in [3.05, 3.63) is 18.0 Å². The second-order valence-corrected chi connectivity index (χ2v) is 5.13. The summed E-state index contributed by atoms with van der Waals surface area (Å²) in [6, 6.07) is 2.54. The smallest absolute Gasteiger partial charge is 0.0730 e. The summed E-state index contributed by atoms with van der Waals surface area (Å²) in [7, 11) is 0. The van der Waals surface area contributed by atoms with E-state index in [2.05, 4.69) is 21.2 Å². The predicted octanol–water partition coefficient (Wildman–Crippen LogP) is 0.959. The Morgan fingerprint density at radius 3 is 2.62 bits per heavy atom. The summed E-state index contributed by atoms with van der Waals surface area (Å²) < 4.78 is 0. The van der Waals surface area contributed by atoms with Gasteiger partial charge in [0.15, 0.2) is 0 Å². The van der Waals surface area contributed by atoms with Crippen LogP contribution in [0.2, 0.25) is 0 Å². The summed E-state index contributed by atoms with van der Waals surface area (Å²) >= 11 is 0. The highest BCUT2D eigenvalue weighted by molar-refractivity contribution is 5.45. The minimum atomic E-state index is 0.423. The lowest BCUT2D eigenvalue weighted by Crippen LogP contribution is -2.48. The minimum Gasteiger partial charge on any atom is -0.370 e. The van der Waals surface area contributed by atoms with E-state index in [1.54, 1.807) is 0 Å². The monoisotopic (exact) mass is 218 g/mol. The number of fused-ring (bicyclic) bond motifs is 2. The van der Waals surface area contributed by atoms with Crippen molar-refractivity contribution in [3.63, 3.8) is 0 Å². The third-order valence-corrected chi connectivity index (χ3v) is 4.03. The van der Waals surface area contributed by atoms with E-state index in [-0.39, 0.29) is 0 Å². The first kappa shape index (κ1) is 10.0. The molecule has 86 valence electrons. The van der Waals surface area contributed by atoms with Gasteiger partial charge in [-0.05, 0) is 37.7 Å². The molecule has 1 saturated heterocycles. The number of anilines is 1. The molecule has 16 heavy (non-hydrogen) atoms. The summed E-state index contributed by atoms with van der Waals surface area (Å²) in [5, 5.41) is 8.03. The van der Waals surface area contributed by atoms with Gasteiger partial charge in [0, 0.05) is 19.1 Å². The topological polar surface area (TPSA) is 55.0 Å². The van der Waals surface area contributed by atoms with Crippen LogP contribution >= 0.6 is 0 Å². The fourth-order valence-corrected chi connectivity index (χ4v) is 3.11. The maximum atomic E-state index is 6.20. The van der Waals surface area contributed by atoms with Gasteiger partial charge in [-0.25, -0.2) is 0 Å². The van der Waals surface area contributed by atoms with Crippen LogP contribution < -0.4 is 10.6 Å². The standard InChI is InChI=1S/C12H18N4/c1-8-4-11(5-14-15-8)16-6-9-2-3-10(7-16)12(9)13/h4-5,9-10,12H,2-3,6-7,13H2,1H3. The van der Waals surface area contributed by atoms with Gasteiger partial charge >= 0.3 is 0 Å². The molecule has 2 fully saturated rings. The Kier molecular flexibility index (Phi) is 2.32. The molecule has 0 aromatic carbocycles. The Morgan fingerprint density at radius 2 is 2.00 bits per heavy atom. The largest absolute Gasteiger partial charge is 0.370 e. The van der Waals surface area contributed by atoms with E-state index in [4.69, 9.17) is 5.73 Å². The van der Waals surface area contributed by atoms with Crippen LogP contribution in [0.15, 0.2) is 12.3 Å². The lowest BCUT2D eigenvalue weighted by atomic mass is 9.93. The second-order valence-electron chi connectivity index (χ2n) is 5.13. The van der Waals surface area contributed by atoms with E-state index in [1.165, 1.54) is 18.5 Å². The van der Waals surface area contributed by atoms with Crippen molar-refractivity contribution in [2.45, 2.75) is 25.8 Å². The van der Waals surface area contributed by atoms with E-state index in [1.807, 2.05) is 13.1 Å². The first-order valence-corrected chi connectivity index (χ1v) is 6.04. The highest BCUT2D eigenvalue weighted by Gasteiger charge is 2.39. The van der Waals surface area contributed by atoms with Gasteiger partial charge in [-0.1, -0.05) is 0 Å². The van der Waals surface area contributed by atoms with E-state index in [9.17, 15) is 0 Å². The van der Waals surface area contributed by atoms with Gasteiger partial charge in [0.1, 0.15) is 0 Å². The van der Waals surface area contributed by atoms with Crippen LogP contribution in [0.4, 0.5) is 5.69 Å². The molecule has 0 radical (unpaired) electrons. The number of nitrogens with two attached hydrogens (primary N) is 1. The highest BCUT2D eigenvalue weighted by Crippen LogP contribution is 2.37. The summed E-state index contributed by atoms with van der Waals surface area (Å²) in [4.78, 5) is 2.42. The van der Waals surface area contributed by atoms with Gasteiger partial charge < -0.3 is 10.6 Å². The molecule has 2 bridgehead atoms. The van der Waals surface area contributed by atoms with Crippen LogP contribution in [0.25, 0.3) is 0 Å². The fraction of sp³-hybridized carbons (Fsp3) is 0.667.